The van der Waals surface area contributed by atoms with Gasteiger partial charge in [0.15, 0.2) is 6.61 Å². The number of carbonyl (C=O) groups excluding carboxylic acids is 1. The second-order valence-electron chi connectivity index (χ2n) is 5.15. The summed E-state index contributed by atoms with van der Waals surface area (Å²) in [6.07, 6.45) is 3.23. The number of pyridine rings is 1. The Morgan fingerprint density at radius 2 is 2.04 bits per heavy atom. The van der Waals surface area contributed by atoms with E-state index in [-0.39, 0.29) is 12.5 Å². The number of hydrogen-bond acceptors (Lipinski definition) is 5. The van der Waals surface area contributed by atoms with Crippen LogP contribution in [0.3, 0.4) is 0 Å². The summed E-state index contributed by atoms with van der Waals surface area (Å²) in [5, 5.41) is 3.82. The Morgan fingerprint density at radius 3 is 2.79 bits per heavy atom. The molecule has 0 aliphatic carbocycles. The number of aromatic nitrogens is 2. The van der Waals surface area contributed by atoms with E-state index in [1.165, 1.54) is 0 Å². The quantitative estimate of drug-likeness (QED) is 0.749. The Hall–Kier alpha value is -2.73. The molecule has 2 heterocycles. The number of nitrogens with zero attached hydrogens (tertiary/aromatic N) is 2. The van der Waals surface area contributed by atoms with E-state index in [0.717, 1.165) is 21.1 Å². The molecule has 1 amide bonds. The van der Waals surface area contributed by atoms with E-state index in [1.807, 2.05) is 37.3 Å². The average Bonchev–Trinajstić information content (AvgIpc) is 3.01. The van der Waals surface area contributed by atoms with Gasteiger partial charge in [-0.25, -0.2) is 4.98 Å². The summed E-state index contributed by atoms with van der Waals surface area (Å²) in [6.45, 7) is 2.37. The van der Waals surface area contributed by atoms with Crippen molar-refractivity contribution in [3.63, 3.8) is 0 Å². The van der Waals surface area contributed by atoms with Gasteiger partial charge in [-0.05, 0) is 19.1 Å². The van der Waals surface area contributed by atoms with Crippen molar-refractivity contribution in [2.24, 2.45) is 0 Å². The Bertz CT molecular complexity index is 804. The summed E-state index contributed by atoms with van der Waals surface area (Å²) < 4.78 is 5.37. The van der Waals surface area contributed by atoms with Crippen LogP contribution in [-0.4, -0.2) is 22.5 Å². The number of ether oxygens (including phenoxy) is 1. The maximum absolute atomic E-state index is 11.9. The number of amides is 1. The highest BCUT2D eigenvalue weighted by atomic mass is 32.1. The first-order valence-electron chi connectivity index (χ1n) is 7.53. The maximum Gasteiger partial charge on any atom is 0.258 e. The molecule has 0 unspecified atom stereocenters. The highest BCUT2D eigenvalue weighted by Crippen LogP contribution is 2.27. The molecule has 1 aromatic carbocycles. The van der Waals surface area contributed by atoms with Crippen LogP contribution in [0.4, 0.5) is 0 Å². The van der Waals surface area contributed by atoms with Crippen LogP contribution in [0.15, 0.2) is 54.9 Å². The highest BCUT2D eigenvalue weighted by Gasteiger charge is 2.10. The second kappa shape index (κ2) is 7.70. The third kappa shape index (κ3) is 4.17. The molecule has 0 aliphatic rings. The van der Waals surface area contributed by atoms with E-state index in [4.69, 9.17) is 4.74 Å². The molecule has 0 atom stereocenters. The van der Waals surface area contributed by atoms with Crippen LogP contribution in [0.25, 0.3) is 10.6 Å². The number of rotatable bonds is 6. The molecule has 0 aliphatic heterocycles. The number of thiazole rings is 1. The zero-order chi connectivity index (χ0) is 16.8. The van der Waals surface area contributed by atoms with Crippen LogP contribution in [0, 0.1) is 6.92 Å². The first-order chi connectivity index (χ1) is 11.7. The third-order valence-electron chi connectivity index (χ3n) is 3.36. The van der Waals surface area contributed by atoms with Crippen molar-refractivity contribution in [2.75, 3.05) is 6.61 Å². The number of aryl methyl sites for hydroxylation is 1. The van der Waals surface area contributed by atoms with Gasteiger partial charge in [-0.3, -0.25) is 9.78 Å². The van der Waals surface area contributed by atoms with E-state index in [9.17, 15) is 4.79 Å². The minimum Gasteiger partial charge on any atom is -0.482 e. The predicted molar refractivity (Wildman–Crippen MR) is 93.9 cm³/mol. The molecule has 0 fully saturated rings. The fraction of sp³-hybridized carbons (Fsp3) is 0.167. The van der Waals surface area contributed by atoms with Gasteiger partial charge in [0.1, 0.15) is 10.8 Å². The number of benzene rings is 1. The minimum atomic E-state index is -0.173. The Labute approximate surface area is 144 Å². The van der Waals surface area contributed by atoms with E-state index >= 15 is 0 Å². The minimum absolute atomic E-state index is 0.0327. The molecule has 1 N–H and O–H groups in total. The van der Waals surface area contributed by atoms with Crippen molar-refractivity contribution in [3.05, 3.63) is 65.4 Å². The van der Waals surface area contributed by atoms with Crippen LogP contribution >= 0.6 is 11.3 Å². The molecule has 0 saturated carbocycles. The lowest BCUT2D eigenvalue weighted by atomic mass is 10.2. The zero-order valence-corrected chi connectivity index (χ0v) is 14.0. The Balaban J connectivity index is 1.55. The van der Waals surface area contributed by atoms with Crippen molar-refractivity contribution >= 4 is 17.2 Å². The molecule has 2 aromatic heterocycles. The first kappa shape index (κ1) is 16.1. The number of hydrogen-bond donors (Lipinski definition) is 1. The molecule has 3 aromatic rings. The second-order valence-corrected chi connectivity index (χ2v) is 6.23. The normalized spacial score (nSPS) is 10.4. The number of nitrogens with one attached hydrogen (secondary N) is 1. The van der Waals surface area contributed by atoms with E-state index in [2.05, 4.69) is 15.3 Å². The fourth-order valence-electron chi connectivity index (χ4n) is 2.11. The fourth-order valence-corrected chi connectivity index (χ4v) is 3.12. The van der Waals surface area contributed by atoms with Crippen molar-refractivity contribution < 1.29 is 9.53 Å². The summed E-state index contributed by atoms with van der Waals surface area (Å²) in [5.74, 6) is 0.404. The van der Waals surface area contributed by atoms with Gasteiger partial charge in [0, 0.05) is 16.6 Å². The molecular formula is C18H17N3O2S. The smallest absolute Gasteiger partial charge is 0.258 e. The van der Waals surface area contributed by atoms with Gasteiger partial charge < -0.3 is 10.1 Å². The lowest BCUT2D eigenvalue weighted by molar-refractivity contribution is -0.123. The van der Waals surface area contributed by atoms with Crippen molar-refractivity contribution in [1.82, 2.24) is 15.3 Å². The summed E-state index contributed by atoms with van der Waals surface area (Å²) in [6, 6.07) is 13.5. The lowest BCUT2D eigenvalue weighted by Crippen LogP contribution is -2.28. The SMILES string of the molecule is Cc1nc(-c2ccccc2)sc1CNC(=O)COc1cccnc1. The number of carbonyl (C=O) groups is 1. The molecule has 3 rings (SSSR count). The van der Waals surface area contributed by atoms with Crippen LogP contribution < -0.4 is 10.1 Å². The molecule has 0 spiro atoms. The molecule has 6 heteroatoms. The summed E-state index contributed by atoms with van der Waals surface area (Å²) >= 11 is 1.59. The molecule has 0 saturated heterocycles. The van der Waals surface area contributed by atoms with E-state index < -0.39 is 0 Å². The largest absolute Gasteiger partial charge is 0.482 e. The zero-order valence-electron chi connectivity index (χ0n) is 13.2. The molecule has 0 bridgehead atoms. The molecule has 24 heavy (non-hydrogen) atoms. The van der Waals surface area contributed by atoms with Gasteiger partial charge in [0.05, 0.1) is 18.4 Å². The molecule has 122 valence electrons. The van der Waals surface area contributed by atoms with Gasteiger partial charge in [0.2, 0.25) is 0 Å². The summed E-state index contributed by atoms with van der Waals surface area (Å²) in [7, 11) is 0. The van der Waals surface area contributed by atoms with Crippen molar-refractivity contribution in [1.29, 1.82) is 0 Å². The molecule has 5 nitrogen and oxygen atoms in total. The van der Waals surface area contributed by atoms with Gasteiger partial charge in [0.25, 0.3) is 5.91 Å². The van der Waals surface area contributed by atoms with Crippen LogP contribution in [0.2, 0.25) is 0 Å². The average molecular weight is 339 g/mol. The van der Waals surface area contributed by atoms with Gasteiger partial charge >= 0.3 is 0 Å². The topological polar surface area (TPSA) is 64.1 Å². The van der Waals surface area contributed by atoms with Crippen LogP contribution in [0.1, 0.15) is 10.6 Å². The molecule has 0 radical (unpaired) electrons. The lowest BCUT2D eigenvalue weighted by Gasteiger charge is -2.06. The first-order valence-corrected chi connectivity index (χ1v) is 8.35. The Morgan fingerprint density at radius 1 is 1.21 bits per heavy atom. The van der Waals surface area contributed by atoms with Crippen molar-refractivity contribution in [3.8, 4) is 16.3 Å². The highest BCUT2D eigenvalue weighted by molar-refractivity contribution is 7.15. The monoisotopic (exact) mass is 339 g/mol. The van der Waals surface area contributed by atoms with Gasteiger partial charge in [-0.1, -0.05) is 30.3 Å². The van der Waals surface area contributed by atoms with Gasteiger partial charge in [-0.2, -0.15) is 0 Å². The standard InChI is InChI=1S/C18H17N3O2S/c1-13-16(24-18(21-13)14-6-3-2-4-7-14)11-20-17(22)12-23-15-8-5-9-19-10-15/h2-10H,11-12H2,1H3,(H,20,22). The van der Waals surface area contributed by atoms with Crippen LogP contribution in [0.5, 0.6) is 5.75 Å². The van der Waals surface area contributed by atoms with E-state index in [1.54, 1.807) is 35.9 Å². The summed E-state index contributed by atoms with van der Waals surface area (Å²) in [4.78, 5) is 21.5. The third-order valence-corrected chi connectivity index (χ3v) is 4.57. The van der Waals surface area contributed by atoms with Crippen LogP contribution in [-0.2, 0) is 11.3 Å². The van der Waals surface area contributed by atoms with Gasteiger partial charge in [-0.15, -0.1) is 11.3 Å². The maximum atomic E-state index is 11.9. The van der Waals surface area contributed by atoms with Crippen molar-refractivity contribution in [2.45, 2.75) is 13.5 Å². The predicted octanol–water partition coefficient (Wildman–Crippen LogP) is 3.21. The Kier molecular flexibility index (Phi) is 5.18. The van der Waals surface area contributed by atoms with E-state index in [0.29, 0.717) is 12.3 Å². The molecular weight excluding hydrogens is 322 g/mol. The summed E-state index contributed by atoms with van der Waals surface area (Å²) in [5.41, 5.74) is 2.02.